The van der Waals surface area contributed by atoms with Gasteiger partial charge in [-0.1, -0.05) is 31.0 Å². The first-order valence-electron chi connectivity index (χ1n) is 9.90. The molecule has 0 spiro atoms. The fraction of sp³-hybridized carbons (Fsp3) is 0.571. The zero-order valence-electron chi connectivity index (χ0n) is 15.6. The number of amides is 1. The van der Waals surface area contributed by atoms with Crippen LogP contribution >= 0.6 is 0 Å². The molecular formula is C21H27N3O2. The molecule has 1 saturated heterocycles. The number of nitrogens with zero attached hydrogens (tertiary/aromatic N) is 3. The molecule has 2 heterocycles. The maximum Gasteiger partial charge on any atom is 0.275 e. The van der Waals surface area contributed by atoms with Gasteiger partial charge in [-0.05, 0) is 51.5 Å². The summed E-state index contributed by atoms with van der Waals surface area (Å²) in [6.45, 7) is 4.65. The minimum atomic E-state index is -0.124. The number of likely N-dealkylation sites (tertiary alicyclic amines) is 1. The molecule has 138 valence electrons. The van der Waals surface area contributed by atoms with Crippen LogP contribution in [0.4, 0.5) is 0 Å². The van der Waals surface area contributed by atoms with Gasteiger partial charge in [0.25, 0.3) is 11.5 Å². The number of aromatic nitrogens is 2. The van der Waals surface area contributed by atoms with Crippen molar-refractivity contribution >= 4 is 16.7 Å². The van der Waals surface area contributed by atoms with E-state index in [4.69, 9.17) is 0 Å². The Bertz CT molecular complexity index is 884. The van der Waals surface area contributed by atoms with Crippen molar-refractivity contribution in [1.82, 2.24) is 14.7 Å². The van der Waals surface area contributed by atoms with E-state index in [2.05, 4.69) is 10.00 Å². The van der Waals surface area contributed by atoms with Gasteiger partial charge in [0.15, 0.2) is 5.69 Å². The Balaban J connectivity index is 1.81. The molecule has 1 aromatic carbocycles. The van der Waals surface area contributed by atoms with Crippen molar-refractivity contribution in [3.8, 4) is 0 Å². The molecule has 1 aromatic heterocycles. The third kappa shape index (κ3) is 2.83. The average Bonchev–Trinajstić information content (AvgIpc) is 2.67. The second-order valence-electron chi connectivity index (χ2n) is 7.99. The van der Waals surface area contributed by atoms with Crippen LogP contribution in [0.5, 0.6) is 0 Å². The molecule has 2 fully saturated rings. The fourth-order valence-corrected chi connectivity index (χ4v) is 4.73. The van der Waals surface area contributed by atoms with Gasteiger partial charge in [-0.3, -0.25) is 9.59 Å². The number of benzene rings is 1. The van der Waals surface area contributed by atoms with E-state index in [0.717, 1.165) is 19.4 Å². The molecule has 5 nitrogen and oxygen atoms in total. The van der Waals surface area contributed by atoms with Crippen molar-refractivity contribution in [2.24, 2.45) is 5.92 Å². The normalized spacial score (nSPS) is 23.3. The van der Waals surface area contributed by atoms with Crippen LogP contribution in [0, 0.1) is 5.92 Å². The zero-order chi connectivity index (χ0) is 18.3. The fourth-order valence-electron chi connectivity index (χ4n) is 4.73. The molecule has 26 heavy (non-hydrogen) atoms. The van der Waals surface area contributed by atoms with Gasteiger partial charge in [0, 0.05) is 18.0 Å². The van der Waals surface area contributed by atoms with Crippen molar-refractivity contribution in [2.75, 3.05) is 6.54 Å². The van der Waals surface area contributed by atoms with E-state index in [1.807, 2.05) is 32.0 Å². The Morgan fingerprint density at radius 3 is 2.54 bits per heavy atom. The Labute approximate surface area is 154 Å². The number of hydrogen-bond donors (Lipinski definition) is 0. The molecule has 0 radical (unpaired) electrons. The minimum absolute atomic E-state index is 0.00722. The van der Waals surface area contributed by atoms with Gasteiger partial charge in [-0.25, -0.2) is 4.68 Å². The molecule has 0 bridgehead atoms. The Kier molecular flexibility index (Phi) is 4.55. The lowest BCUT2D eigenvalue weighted by Crippen LogP contribution is -2.50. The van der Waals surface area contributed by atoms with Crippen LogP contribution in [-0.4, -0.2) is 33.2 Å². The van der Waals surface area contributed by atoms with E-state index >= 15 is 0 Å². The van der Waals surface area contributed by atoms with Crippen molar-refractivity contribution in [3.63, 3.8) is 0 Å². The monoisotopic (exact) mass is 353 g/mol. The quantitative estimate of drug-likeness (QED) is 0.826. The molecule has 0 N–H and O–H groups in total. The molecular weight excluding hydrogens is 326 g/mol. The van der Waals surface area contributed by atoms with Gasteiger partial charge in [0.1, 0.15) is 0 Å². The molecule has 1 aliphatic carbocycles. The molecule has 2 aromatic rings. The molecule has 2 atom stereocenters. The number of carbonyl (C=O) groups is 1. The first kappa shape index (κ1) is 17.3. The van der Waals surface area contributed by atoms with Gasteiger partial charge in [0.05, 0.1) is 11.4 Å². The number of hydrogen-bond acceptors (Lipinski definition) is 3. The number of rotatable bonds is 2. The number of piperidine rings is 1. The summed E-state index contributed by atoms with van der Waals surface area (Å²) in [6.07, 6.45) is 7.10. The maximum absolute atomic E-state index is 13.5. The van der Waals surface area contributed by atoms with E-state index in [1.165, 1.54) is 30.4 Å². The van der Waals surface area contributed by atoms with Gasteiger partial charge >= 0.3 is 0 Å². The molecule has 1 aliphatic heterocycles. The van der Waals surface area contributed by atoms with Crippen LogP contribution in [0.15, 0.2) is 29.1 Å². The summed E-state index contributed by atoms with van der Waals surface area (Å²) < 4.78 is 1.46. The lowest BCUT2D eigenvalue weighted by molar-refractivity contribution is 0.0385. The van der Waals surface area contributed by atoms with E-state index < -0.39 is 0 Å². The molecule has 1 saturated carbocycles. The number of carbonyl (C=O) groups excluding carboxylic acids is 1. The lowest BCUT2D eigenvalue weighted by Gasteiger charge is -2.44. The zero-order valence-corrected chi connectivity index (χ0v) is 15.6. The summed E-state index contributed by atoms with van der Waals surface area (Å²) in [7, 11) is 0. The van der Waals surface area contributed by atoms with Crippen LogP contribution in [-0.2, 0) is 0 Å². The summed E-state index contributed by atoms with van der Waals surface area (Å²) in [5, 5.41) is 5.78. The van der Waals surface area contributed by atoms with Crippen molar-refractivity contribution in [1.29, 1.82) is 0 Å². The van der Waals surface area contributed by atoms with Crippen LogP contribution in [0.2, 0.25) is 0 Å². The highest BCUT2D eigenvalue weighted by Crippen LogP contribution is 2.36. The second-order valence-corrected chi connectivity index (χ2v) is 7.99. The highest BCUT2D eigenvalue weighted by atomic mass is 16.2. The molecule has 2 unspecified atom stereocenters. The lowest BCUT2D eigenvalue weighted by atomic mass is 9.78. The first-order valence-corrected chi connectivity index (χ1v) is 9.90. The Morgan fingerprint density at radius 1 is 1.08 bits per heavy atom. The van der Waals surface area contributed by atoms with E-state index in [-0.39, 0.29) is 17.5 Å². The third-order valence-corrected chi connectivity index (χ3v) is 6.02. The summed E-state index contributed by atoms with van der Waals surface area (Å²) in [5.41, 5.74) is 0.307. The van der Waals surface area contributed by atoms with Gasteiger partial charge in [-0.2, -0.15) is 5.10 Å². The molecule has 4 rings (SSSR count). The standard InChI is InChI=1S/C21H27N3O2/c1-14(2)24-20(25)17-11-5-4-10-16(17)19(22-24)21(26)23-13-7-9-15-8-3-6-12-18(15)23/h4-5,10-11,14-15,18H,3,6-9,12-13H2,1-2H3. The Morgan fingerprint density at radius 2 is 1.77 bits per heavy atom. The summed E-state index contributed by atoms with van der Waals surface area (Å²) >= 11 is 0. The second kappa shape index (κ2) is 6.86. The SMILES string of the molecule is CC(C)n1nc(C(=O)N2CCCC3CCCCC32)c2ccccc2c1=O. The highest BCUT2D eigenvalue weighted by Gasteiger charge is 2.37. The van der Waals surface area contributed by atoms with E-state index in [1.54, 1.807) is 6.07 Å². The number of fused-ring (bicyclic) bond motifs is 2. The van der Waals surface area contributed by atoms with Crippen molar-refractivity contribution < 1.29 is 4.79 Å². The summed E-state index contributed by atoms with van der Waals surface area (Å²) in [4.78, 5) is 28.3. The van der Waals surface area contributed by atoms with Gasteiger partial charge < -0.3 is 4.90 Å². The Hall–Kier alpha value is -2.17. The maximum atomic E-state index is 13.5. The van der Waals surface area contributed by atoms with Crippen molar-refractivity contribution in [2.45, 2.75) is 64.5 Å². The predicted octanol–water partition coefficient (Wildman–Crippen LogP) is 3.77. The van der Waals surface area contributed by atoms with E-state index in [9.17, 15) is 9.59 Å². The smallest absolute Gasteiger partial charge is 0.275 e. The predicted molar refractivity (Wildman–Crippen MR) is 102 cm³/mol. The van der Waals surface area contributed by atoms with Crippen LogP contribution in [0.25, 0.3) is 10.8 Å². The molecule has 2 aliphatic rings. The van der Waals surface area contributed by atoms with Crippen LogP contribution < -0.4 is 5.56 Å². The van der Waals surface area contributed by atoms with Crippen molar-refractivity contribution in [3.05, 3.63) is 40.3 Å². The van der Waals surface area contributed by atoms with Crippen LogP contribution in [0.1, 0.15) is 68.9 Å². The van der Waals surface area contributed by atoms with Crippen LogP contribution in [0.3, 0.4) is 0 Å². The largest absolute Gasteiger partial charge is 0.334 e. The highest BCUT2D eigenvalue weighted by molar-refractivity contribution is 6.04. The van der Waals surface area contributed by atoms with Gasteiger partial charge in [-0.15, -0.1) is 0 Å². The molecule has 5 heteroatoms. The van der Waals surface area contributed by atoms with Gasteiger partial charge in [0.2, 0.25) is 0 Å². The molecule has 1 amide bonds. The summed E-state index contributed by atoms with van der Waals surface area (Å²) in [6, 6.07) is 7.63. The average molecular weight is 353 g/mol. The minimum Gasteiger partial charge on any atom is -0.334 e. The topological polar surface area (TPSA) is 55.2 Å². The summed E-state index contributed by atoms with van der Waals surface area (Å²) in [5.74, 6) is 0.621. The van der Waals surface area contributed by atoms with E-state index in [0.29, 0.717) is 28.4 Å². The first-order chi connectivity index (χ1) is 12.6. The third-order valence-electron chi connectivity index (χ3n) is 6.02.